The van der Waals surface area contributed by atoms with Crippen molar-refractivity contribution in [2.24, 2.45) is 0 Å². The Morgan fingerprint density at radius 3 is 1.50 bits per heavy atom. The van der Waals surface area contributed by atoms with Gasteiger partial charge in [-0.1, -0.05) is 194 Å². The van der Waals surface area contributed by atoms with Gasteiger partial charge < -0.3 is 0 Å². The topological polar surface area (TPSA) is 0 Å². The predicted molar refractivity (Wildman–Crippen MR) is 208 cm³/mol. The molecule has 0 fully saturated rings. The van der Waals surface area contributed by atoms with E-state index in [1.54, 1.807) is 0 Å². The lowest BCUT2D eigenvalue weighted by Gasteiger charge is -2.18. The molecule has 9 aromatic carbocycles. The van der Waals surface area contributed by atoms with Crippen LogP contribution < -0.4 is 0 Å². The van der Waals surface area contributed by atoms with Crippen LogP contribution in [0.3, 0.4) is 0 Å². The zero-order valence-electron chi connectivity index (χ0n) is 26.5. The van der Waals surface area contributed by atoms with Crippen molar-refractivity contribution in [3.05, 3.63) is 193 Å². The first kappa shape index (κ1) is 28.0. The zero-order valence-corrected chi connectivity index (χ0v) is 26.5. The fourth-order valence-electron chi connectivity index (χ4n) is 7.46. The van der Waals surface area contributed by atoms with Crippen LogP contribution in [0.4, 0.5) is 0 Å². The van der Waals surface area contributed by atoms with Crippen LogP contribution in [0.1, 0.15) is 11.1 Å². The smallest absolute Gasteiger partial charge is 0.00201 e. The Bertz CT molecular complexity index is 2580. The standard InChI is InChI=1S/C48H32/c1-2-13-34(14-3-1)40-32-31-36(38-17-6-7-19-41(38)40)28-25-33-26-29-37(30-27-33)47-43-20-8-10-22-45(43)48(46-23-11-9-21-44(46)47)42-24-12-16-35-15-4-5-18-39(35)42/h1-32H. The van der Waals surface area contributed by atoms with Crippen molar-refractivity contribution in [3.8, 4) is 33.4 Å². The molecule has 0 bridgehead atoms. The maximum absolute atomic E-state index is 2.28. The molecular formula is C48H32. The second-order valence-electron chi connectivity index (χ2n) is 12.4. The van der Waals surface area contributed by atoms with E-state index in [0.29, 0.717) is 0 Å². The van der Waals surface area contributed by atoms with Gasteiger partial charge in [0, 0.05) is 0 Å². The van der Waals surface area contributed by atoms with Crippen molar-refractivity contribution in [2.75, 3.05) is 0 Å². The number of benzene rings is 9. The van der Waals surface area contributed by atoms with Gasteiger partial charge in [0.2, 0.25) is 0 Å². The van der Waals surface area contributed by atoms with E-state index in [1.165, 1.54) is 87.6 Å². The SMILES string of the molecule is C(=Cc1ccc(-c2ccccc2)c2ccccc12)c1ccc(-c2c3ccccc3c(-c3cccc4ccccc34)c3ccccc23)cc1. The first-order valence-corrected chi connectivity index (χ1v) is 16.6. The Labute approximate surface area is 280 Å². The molecule has 48 heavy (non-hydrogen) atoms. The molecule has 0 unspecified atom stereocenters. The molecule has 0 saturated carbocycles. The molecular weight excluding hydrogens is 577 g/mol. The molecule has 0 atom stereocenters. The van der Waals surface area contributed by atoms with Crippen molar-refractivity contribution in [2.45, 2.75) is 0 Å². The highest BCUT2D eigenvalue weighted by atomic mass is 14.2. The van der Waals surface area contributed by atoms with Crippen LogP contribution >= 0.6 is 0 Å². The molecule has 0 N–H and O–H groups in total. The minimum absolute atomic E-state index is 1.18. The second kappa shape index (κ2) is 11.8. The molecule has 0 aliphatic carbocycles. The molecule has 0 radical (unpaired) electrons. The molecule has 0 heterocycles. The van der Waals surface area contributed by atoms with Crippen LogP contribution in [0, 0.1) is 0 Å². The van der Waals surface area contributed by atoms with E-state index in [-0.39, 0.29) is 0 Å². The molecule has 0 aliphatic rings. The number of hydrogen-bond acceptors (Lipinski definition) is 0. The number of rotatable bonds is 5. The summed E-state index contributed by atoms with van der Waals surface area (Å²) in [4.78, 5) is 0. The third-order valence-electron chi connectivity index (χ3n) is 9.69. The van der Waals surface area contributed by atoms with Gasteiger partial charge in [-0.05, 0) is 87.6 Å². The van der Waals surface area contributed by atoms with Gasteiger partial charge >= 0.3 is 0 Å². The van der Waals surface area contributed by atoms with Gasteiger partial charge in [0.15, 0.2) is 0 Å². The molecule has 0 nitrogen and oxygen atoms in total. The fraction of sp³-hybridized carbons (Fsp3) is 0. The molecule has 224 valence electrons. The lowest BCUT2D eigenvalue weighted by Crippen LogP contribution is -1.91. The van der Waals surface area contributed by atoms with Crippen molar-refractivity contribution in [1.82, 2.24) is 0 Å². The van der Waals surface area contributed by atoms with Gasteiger partial charge in [-0.2, -0.15) is 0 Å². The highest BCUT2D eigenvalue weighted by Gasteiger charge is 2.17. The van der Waals surface area contributed by atoms with E-state index >= 15 is 0 Å². The van der Waals surface area contributed by atoms with E-state index in [4.69, 9.17) is 0 Å². The summed E-state index contributed by atoms with van der Waals surface area (Å²) in [5.74, 6) is 0. The number of hydrogen-bond donors (Lipinski definition) is 0. The van der Waals surface area contributed by atoms with Crippen molar-refractivity contribution < 1.29 is 0 Å². The lowest BCUT2D eigenvalue weighted by atomic mass is 9.84. The van der Waals surface area contributed by atoms with Crippen molar-refractivity contribution in [3.63, 3.8) is 0 Å². The molecule has 0 saturated heterocycles. The molecule has 0 aromatic heterocycles. The molecule has 0 heteroatoms. The Balaban J connectivity index is 1.14. The number of fused-ring (bicyclic) bond motifs is 4. The van der Waals surface area contributed by atoms with Gasteiger partial charge in [0.25, 0.3) is 0 Å². The van der Waals surface area contributed by atoms with Crippen LogP contribution in [0.2, 0.25) is 0 Å². The Hall–Kier alpha value is -6.24. The van der Waals surface area contributed by atoms with E-state index in [2.05, 4.69) is 194 Å². The largest absolute Gasteiger partial charge is 0.0622 e. The van der Waals surface area contributed by atoms with Crippen LogP contribution in [0.25, 0.3) is 88.6 Å². The minimum atomic E-state index is 1.18. The van der Waals surface area contributed by atoms with Gasteiger partial charge in [-0.3, -0.25) is 0 Å². The quantitative estimate of drug-likeness (QED) is 0.135. The second-order valence-corrected chi connectivity index (χ2v) is 12.4. The lowest BCUT2D eigenvalue weighted by molar-refractivity contribution is 1.63. The minimum Gasteiger partial charge on any atom is -0.0622 e. The summed E-state index contributed by atoms with van der Waals surface area (Å²) in [6.45, 7) is 0. The van der Waals surface area contributed by atoms with Crippen LogP contribution in [-0.2, 0) is 0 Å². The average Bonchev–Trinajstić information content (AvgIpc) is 3.16. The summed E-state index contributed by atoms with van der Waals surface area (Å²) in [5, 5.41) is 10.2. The molecule has 0 aliphatic heterocycles. The first-order chi connectivity index (χ1) is 23.8. The Morgan fingerprint density at radius 2 is 0.812 bits per heavy atom. The Kier molecular flexibility index (Phi) is 6.91. The molecule has 9 aromatic rings. The summed E-state index contributed by atoms with van der Waals surface area (Å²) in [5.41, 5.74) is 9.98. The summed E-state index contributed by atoms with van der Waals surface area (Å²) in [6, 6.07) is 66.1. The van der Waals surface area contributed by atoms with Gasteiger partial charge in [-0.25, -0.2) is 0 Å². The maximum Gasteiger partial charge on any atom is -0.00201 e. The summed E-state index contributed by atoms with van der Waals surface area (Å²) in [6.07, 6.45) is 4.48. The Morgan fingerprint density at radius 1 is 0.271 bits per heavy atom. The third-order valence-corrected chi connectivity index (χ3v) is 9.69. The zero-order chi connectivity index (χ0) is 31.9. The normalized spacial score (nSPS) is 11.7. The van der Waals surface area contributed by atoms with Crippen LogP contribution in [0.5, 0.6) is 0 Å². The first-order valence-electron chi connectivity index (χ1n) is 16.6. The monoisotopic (exact) mass is 608 g/mol. The van der Waals surface area contributed by atoms with E-state index in [9.17, 15) is 0 Å². The van der Waals surface area contributed by atoms with Crippen LogP contribution in [-0.4, -0.2) is 0 Å². The summed E-state index contributed by atoms with van der Waals surface area (Å²) in [7, 11) is 0. The van der Waals surface area contributed by atoms with Crippen LogP contribution in [0.15, 0.2) is 182 Å². The van der Waals surface area contributed by atoms with E-state index < -0.39 is 0 Å². The summed E-state index contributed by atoms with van der Waals surface area (Å²) < 4.78 is 0. The maximum atomic E-state index is 2.28. The fourth-order valence-corrected chi connectivity index (χ4v) is 7.46. The highest BCUT2D eigenvalue weighted by molar-refractivity contribution is 6.23. The van der Waals surface area contributed by atoms with Gasteiger partial charge in [-0.15, -0.1) is 0 Å². The van der Waals surface area contributed by atoms with E-state index in [1.807, 2.05) is 0 Å². The third kappa shape index (κ3) is 4.78. The van der Waals surface area contributed by atoms with E-state index in [0.717, 1.165) is 0 Å². The predicted octanol–water partition coefficient (Wildman–Crippen LogP) is 13.5. The molecule has 0 spiro atoms. The highest BCUT2D eigenvalue weighted by Crippen LogP contribution is 2.45. The summed E-state index contributed by atoms with van der Waals surface area (Å²) >= 11 is 0. The molecule has 0 amide bonds. The average molecular weight is 609 g/mol. The van der Waals surface area contributed by atoms with Crippen molar-refractivity contribution in [1.29, 1.82) is 0 Å². The molecule has 9 rings (SSSR count). The van der Waals surface area contributed by atoms with Gasteiger partial charge in [0.1, 0.15) is 0 Å². The van der Waals surface area contributed by atoms with Gasteiger partial charge in [0.05, 0.1) is 0 Å². The van der Waals surface area contributed by atoms with Crippen molar-refractivity contribution >= 4 is 55.2 Å².